The van der Waals surface area contributed by atoms with E-state index in [4.69, 9.17) is 4.42 Å². The van der Waals surface area contributed by atoms with Gasteiger partial charge in [0.15, 0.2) is 5.58 Å². The Morgan fingerprint density at radius 3 is 3.12 bits per heavy atom. The van der Waals surface area contributed by atoms with Gasteiger partial charge in [-0.3, -0.25) is 0 Å². The van der Waals surface area contributed by atoms with Crippen molar-refractivity contribution in [3.63, 3.8) is 0 Å². The van der Waals surface area contributed by atoms with Gasteiger partial charge in [0.2, 0.25) is 5.89 Å². The van der Waals surface area contributed by atoms with Crippen molar-refractivity contribution in [3.05, 3.63) is 29.7 Å². The van der Waals surface area contributed by atoms with Gasteiger partial charge < -0.3 is 9.73 Å². The van der Waals surface area contributed by atoms with E-state index in [0.29, 0.717) is 0 Å². The minimum absolute atomic E-state index is 0.284. The largest absolute Gasteiger partial charge is 0.439 e. The van der Waals surface area contributed by atoms with Gasteiger partial charge in [0.25, 0.3) is 0 Å². The third kappa shape index (κ3) is 2.07. The van der Waals surface area contributed by atoms with Crippen molar-refractivity contribution in [1.29, 1.82) is 0 Å². The van der Waals surface area contributed by atoms with Gasteiger partial charge in [0.1, 0.15) is 5.52 Å². The van der Waals surface area contributed by atoms with Crippen molar-refractivity contribution in [2.24, 2.45) is 5.92 Å². The van der Waals surface area contributed by atoms with Crippen LogP contribution in [0.4, 0.5) is 0 Å². The average molecular weight is 230 g/mol. The number of aryl methyl sites for hydroxylation is 1. The number of hydrogen-bond acceptors (Lipinski definition) is 3. The summed E-state index contributed by atoms with van der Waals surface area (Å²) >= 11 is 0. The number of benzene rings is 1. The van der Waals surface area contributed by atoms with E-state index in [9.17, 15) is 0 Å². The van der Waals surface area contributed by atoms with E-state index in [-0.39, 0.29) is 6.04 Å². The minimum atomic E-state index is 0.284. The molecule has 1 aliphatic rings. The van der Waals surface area contributed by atoms with E-state index >= 15 is 0 Å². The summed E-state index contributed by atoms with van der Waals surface area (Å²) in [5, 5.41) is 3.49. The standard InChI is InChI=1S/C14H18N2O/c1-9-3-4-13-11(7-9)16-14(17-13)12-8-10(2)5-6-15-12/h3-4,7,10,12,15H,5-6,8H2,1-2H3. The molecule has 3 heteroatoms. The molecule has 0 amide bonds. The zero-order valence-electron chi connectivity index (χ0n) is 10.4. The second-order valence-corrected chi connectivity index (χ2v) is 5.16. The van der Waals surface area contributed by atoms with Crippen LogP contribution in [-0.2, 0) is 0 Å². The number of nitrogens with one attached hydrogen (secondary N) is 1. The number of hydrogen-bond donors (Lipinski definition) is 1. The summed E-state index contributed by atoms with van der Waals surface area (Å²) in [5.74, 6) is 1.59. The molecule has 0 bridgehead atoms. The highest BCUT2D eigenvalue weighted by Crippen LogP contribution is 2.28. The molecule has 1 aromatic heterocycles. The lowest BCUT2D eigenvalue weighted by molar-refractivity contribution is 0.287. The summed E-state index contributed by atoms with van der Waals surface area (Å²) in [5.41, 5.74) is 3.09. The molecular weight excluding hydrogens is 212 g/mol. The second-order valence-electron chi connectivity index (χ2n) is 5.16. The van der Waals surface area contributed by atoms with Crippen LogP contribution < -0.4 is 5.32 Å². The summed E-state index contributed by atoms with van der Waals surface area (Å²) < 4.78 is 5.84. The third-order valence-electron chi connectivity index (χ3n) is 3.52. The van der Waals surface area contributed by atoms with Crippen molar-refractivity contribution in [2.75, 3.05) is 6.54 Å². The molecule has 2 atom stereocenters. The fourth-order valence-corrected chi connectivity index (χ4v) is 2.50. The molecule has 2 aromatic rings. The lowest BCUT2D eigenvalue weighted by Crippen LogP contribution is -2.30. The van der Waals surface area contributed by atoms with Gasteiger partial charge in [-0.15, -0.1) is 0 Å². The van der Waals surface area contributed by atoms with Crippen LogP contribution >= 0.6 is 0 Å². The van der Waals surface area contributed by atoms with Crippen LogP contribution in [0, 0.1) is 12.8 Å². The first-order valence-corrected chi connectivity index (χ1v) is 6.33. The Labute approximate surface area is 101 Å². The molecule has 90 valence electrons. The SMILES string of the molecule is Cc1ccc2oc(C3CC(C)CCN3)nc2c1. The lowest BCUT2D eigenvalue weighted by atomic mass is 9.94. The molecule has 0 aliphatic carbocycles. The highest BCUT2D eigenvalue weighted by Gasteiger charge is 2.23. The van der Waals surface area contributed by atoms with Gasteiger partial charge in [-0.2, -0.15) is 0 Å². The molecule has 0 radical (unpaired) electrons. The van der Waals surface area contributed by atoms with Crippen molar-refractivity contribution in [3.8, 4) is 0 Å². The quantitative estimate of drug-likeness (QED) is 0.817. The molecule has 1 aliphatic heterocycles. The molecule has 3 rings (SSSR count). The second kappa shape index (κ2) is 4.15. The molecule has 1 N–H and O–H groups in total. The first-order chi connectivity index (χ1) is 8.22. The molecule has 0 saturated carbocycles. The Morgan fingerprint density at radius 2 is 2.29 bits per heavy atom. The summed E-state index contributed by atoms with van der Waals surface area (Å²) in [6.07, 6.45) is 2.36. The van der Waals surface area contributed by atoms with Crippen LogP contribution in [0.1, 0.15) is 37.3 Å². The Hall–Kier alpha value is -1.35. The minimum Gasteiger partial charge on any atom is -0.439 e. The number of nitrogens with zero attached hydrogens (tertiary/aromatic N) is 1. The average Bonchev–Trinajstić information content (AvgIpc) is 2.72. The van der Waals surface area contributed by atoms with Gasteiger partial charge in [-0.25, -0.2) is 4.98 Å². The van der Waals surface area contributed by atoms with Gasteiger partial charge >= 0.3 is 0 Å². The molecule has 2 heterocycles. The van der Waals surface area contributed by atoms with E-state index in [1.807, 2.05) is 6.07 Å². The number of piperidine rings is 1. The lowest BCUT2D eigenvalue weighted by Gasteiger charge is -2.25. The number of rotatable bonds is 1. The molecule has 17 heavy (non-hydrogen) atoms. The van der Waals surface area contributed by atoms with E-state index in [1.165, 1.54) is 12.0 Å². The maximum absolute atomic E-state index is 5.84. The van der Waals surface area contributed by atoms with Crippen LogP contribution in [-0.4, -0.2) is 11.5 Å². The Kier molecular flexibility index (Phi) is 2.63. The predicted octanol–water partition coefficient (Wildman–Crippen LogP) is 3.20. The molecule has 1 fully saturated rings. The highest BCUT2D eigenvalue weighted by atomic mass is 16.3. The van der Waals surface area contributed by atoms with Crippen LogP contribution in [0.5, 0.6) is 0 Å². The van der Waals surface area contributed by atoms with Crippen molar-refractivity contribution in [2.45, 2.75) is 32.7 Å². The van der Waals surface area contributed by atoms with Gasteiger partial charge in [-0.1, -0.05) is 13.0 Å². The summed E-state index contributed by atoms with van der Waals surface area (Å²) in [6, 6.07) is 6.43. The van der Waals surface area contributed by atoms with E-state index in [1.54, 1.807) is 0 Å². The maximum atomic E-state index is 5.84. The van der Waals surface area contributed by atoms with Gasteiger partial charge in [-0.05, 0) is 49.9 Å². The summed E-state index contributed by atoms with van der Waals surface area (Å²) in [6.45, 7) is 5.43. The van der Waals surface area contributed by atoms with E-state index in [0.717, 1.165) is 35.9 Å². The van der Waals surface area contributed by atoms with Crippen LogP contribution in [0.15, 0.2) is 22.6 Å². The topological polar surface area (TPSA) is 38.1 Å². The molecule has 1 aromatic carbocycles. The first kappa shape index (κ1) is 10.8. The van der Waals surface area contributed by atoms with Gasteiger partial charge in [0, 0.05) is 0 Å². The van der Waals surface area contributed by atoms with E-state index in [2.05, 4.69) is 36.3 Å². The van der Waals surface area contributed by atoms with Crippen LogP contribution in [0.2, 0.25) is 0 Å². The molecule has 3 nitrogen and oxygen atoms in total. The molecule has 0 spiro atoms. The number of aromatic nitrogens is 1. The Balaban J connectivity index is 1.94. The van der Waals surface area contributed by atoms with Gasteiger partial charge in [0.05, 0.1) is 6.04 Å². The Morgan fingerprint density at radius 1 is 1.41 bits per heavy atom. The zero-order valence-corrected chi connectivity index (χ0v) is 10.4. The summed E-state index contributed by atoms with van der Waals surface area (Å²) in [4.78, 5) is 4.60. The molecule has 1 saturated heterocycles. The summed E-state index contributed by atoms with van der Waals surface area (Å²) in [7, 11) is 0. The predicted molar refractivity (Wildman–Crippen MR) is 67.9 cm³/mol. The normalized spacial score (nSPS) is 25.3. The Bertz CT molecular complexity index is 532. The highest BCUT2D eigenvalue weighted by molar-refractivity contribution is 5.73. The van der Waals surface area contributed by atoms with Crippen LogP contribution in [0.25, 0.3) is 11.1 Å². The zero-order chi connectivity index (χ0) is 11.8. The number of oxazole rings is 1. The molecule has 2 unspecified atom stereocenters. The maximum Gasteiger partial charge on any atom is 0.212 e. The van der Waals surface area contributed by atoms with Crippen molar-refractivity contribution < 1.29 is 4.42 Å². The first-order valence-electron chi connectivity index (χ1n) is 6.33. The van der Waals surface area contributed by atoms with Crippen molar-refractivity contribution in [1.82, 2.24) is 10.3 Å². The van der Waals surface area contributed by atoms with E-state index < -0.39 is 0 Å². The van der Waals surface area contributed by atoms with Crippen LogP contribution in [0.3, 0.4) is 0 Å². The fraction of sp³-hybridized carbons (Fsp3) is 0.500. The fourth-order valence-electron chi connectivity index (χ4n) is 2.50. The smallest absolute Gasteiger partial charge is 0.212 e. The van der Waals surface area contributed by atoms with Crippen molar-refractivity contribution >= 4 is 11.1 Å². The molecular formula is C14H18N2O. The monoisotopic (exact) mass is 230 g/mol. The number of fused-ring (bicyclic) bond motifs is 1. The third-order valence-corrected chi connectivity index (χ3v) is 3.52.